The normalized spacial score (nSPS) is 14.1. The predicted octanol–water partition coefficient (Wildman–Crippen LogP) is 4.06. The van der Waals surface area contributed by atoms with Crippen LogP contribution in [0.5, 0.6) is 0 Å². The number of halogens is 1. The lowest BCUT2D eigenvalue weighted by molar-refractivity contribution is 0.0233. The van der Waals surface area contributed by atoms with E-state index in [9.17, 15) is 9.50 Å². The van der Waals surface area contributed by atoms with E-state index in [1.165, 1.54) is 17.7 Å². The second-order valence-corrected chi connectivity index (χ2v) is 4.88. The van der Waals surface area contributed by atoms with Crippen LogP contribution in [-0.4, -0.2) is 5.11 Å². The van der Waals surface area contributed by atoms with Crippen molar-refractivity contribution in [2.75, 3.05) is 0 Å². The molecule has 0 fully saturated rings. The van der Waals surface area contributed by atoms with E-state index in [0.717, 1.165) is 6.42 Å². The Hall–Kier alpha value is -1.67. The van der Waals surface area contributed by atoms with Crippen molar-refractivity contribution in [3.63, 3.8) is 0 Å². The van der Waals surface area contributed by atoms with E-state index in [0.29, 0.717) is 18.4 Å². The summed E-state index contributed by atoms with van der Waals surface area (Å²) in [4.78, 5) is 0. The highest BCUT2D eigenvalue weighted by Gasteiger charge is 2.27. The molecule has 0 aromatic heterocycles. The summed E-state index contributed by atoms with van der Waals surface area (Å²) in [5, 5.41) is 10.7. The highest BCUT2D eigenvalue weighted by atomic mass is 19.1. The van der Waals surface area contributed by atoms with Crippen LogP contribution in [0.1, 0.15) is 30.9 Å². The van der Waals surface area contributed by atoms with Crippen LogP contribution in [-0.2, 0) is 12.0 Å². The first-order chi connectivity index (χ1) is 9.14. The molecule has 0 heterocycles. The average molecular weight is 258 g/mol. The third kappa shape index (κ3) is 3.42. The van der Waals surface area contributed by atoms with Crippen molar-refractivity contribution in [3.05, 3.63) is 71.5 Å². The summed E-state index contributed by atoms with van der Waals surface area (Å²) >= 11 is 0. The van der Waals surface area contributed by atoms with Crippen LogP contribution in [0.25, 0.3) is 0 Å². The van der Waals surface area contributed by atoms with Gasteiger partial charge in [0.05, 0.1) is 5.60 Å². The Morgan fingerprint density at radius 2 is 1.79 bits per heavy atom. The second kappa shape index (κ2) is 5.98. The maximum absolute atomic E-state index is 13.3. The van der Waals surface area contributed by atoms with E-state index in [-0.39, 0.29) is 5.82 Å². The molecule has 0 radical (unpaired) electrons. The van der Waals surface area contributed by atoms with E-state index in [4.69, 9.17) is 0 Å². The molecule has 2 heteroatoms. The lowest BCUT2D eigenvalue weighted by Gasteiger charge is -2.27. The zero-order valence-corrected chi connectivity index (χ0v) is 11.1. The minimum atomic E-state index is -0.960. The molecule has 1 unspecified atom stereocenters. The first kappa shape index (κ1) is 13.8. The molecule has 0 saturated heterocycles. The van der Waals surface area contributed by atoms with Gasteiger partial charge >= 0.3 is 0 Å². The third-order valence-electron chi connectivity index (χ3n) is 3.62. The summed E-state index contributed by atoms with van der Waals surface area (Å²) in [7, 11) is 0. The number of hydrogen-bond acceptors (Lipinski definition) is 1. The van der Waals surface area contributed by atoms with Crippen LogP contribution in [0, 0.1) is 5.82 Å². The first-order valence-electron chi connectivity index (χ1n) is 6.66. The van der Waals surface area contributed by atoms with Crippen molar-refractivity contribution in [1.82, 2.24) is 0 Å². The van der Waals surface area contributed by atoms with E-state index < -0.39 is 5.60 Å². The molecule has 19 heavy (non-hydrogen) atoms. The van der Waals surface area contributed by atoms with Gasteiger partial charge in [0, 0.05) is 0 Å². The average Bonchev–Trinajstić information content (AvgIpc) is 2.46. The minimum Gasteiger partial charge on any atom is -0.385 e. The van der Waals surface area contributed by atoms with E-state index in [1.807, 2.05) is 37.3 Å². The Bertz CT molecular complexity index is 524. The number of benzene rings is 2. The van der Waals surface area contributed by atoms with Gasteiger partial charge in [0.2, 0.25) is 0 Å². The fourth-order valence-corrected chi connectivity index (χ4v) is 2.30. The predicted molar refractivity (Wildman–Crippen MR) is 75.4 cm³/mol. The molecular weight excluding hydrogens is 239 g/mol. The Morgan fingerprint density at radius 3 is 2.42 bits per heavy atom. The number of rotatable bonds is 5. The van der Waals surface area contributed by atoms with Crippen molar-refractivity contribution in [3.8, 4) is 0 Å². The zero-order valence-electron chi connectivity index (χ0n) is 11.1. The van der Waals surface area contributed by atoms with Gasteiger partial charge in [0.25, 0.3) is 0 Å². The number of aliphatic hydroxyl groups is 1. The van der Waals surface area contributed by atoms with Crippen LogP contribution < -0.4 is 0 Å². The quantitative estimate of drug-likeness (QED) is 0.857. The van der Waals surface area contributed by atoms with Crippen molar-refractivity contribution in [2.45, 2.75) is 31.8 Å². The van der Waals surface area contributed by atoms with Crippen molar-refractivity contribution >= 4 is 0 Å². The van der Waals surface area contributed by atoms with Crippen LogP contribution in [0.3, 0.4) is 0 Å². The summed E-state index contributed by atoms with van der Waals surface area (Å²) in [6, 6.07) is 16.3. The smallest absolute Gasteiger partial charge is 0.123 e. The van der Waals surface area contributed by atoms with Gasteiger partial charge in [-0.15, -0.1) is 0 Å². The van der Waals surface area contributed by atoms with E-state index in [2.05, 4.69) is 0 Å². The van der Waals surface area contributed by atoms with Gasteiger partial charge < -0.3 is 5.11 Å². The van der Waals surface area contributed by atoms with Crippen LogP contribution >= 0.6 is 0 Å². The SMILES string of the molecule is CCC(O)(CCc1ccccc1)c1cccc(F)c1. The van der Waals surface area contributed by atoms with E-state index >= 15 is 0 Å². The van der Waals surface area contributed by atoms with Gasteiger partial charge in [0.15, 0.2) is 0 Å². The molecular formula is C17H19FO. The molecule has 0 saturated carbocycles. The van der Waals surface area contributed by atoms with Crippen molar-refractivity contribution in [2.24, 2.45) is 0 Å². The molecule has 0 amide bonds. The Labute approximate surface area is 113 Å². The lowest BCUT2D eigenvalue weighted by atomic mass is 9.85. The molecule has 0 spiro atoms. The Morgan fingerprint density at radius 1 is 1.05 bits per heavy atom. The van der Waals surface area contributed by atoms with Crippen LogP contribution in [0.2, 0.25) is 0 Å². The molecule has 1 nitrogen and oxygen atoms in total. The fraction of sp³-hybridized carbons (Fsp3) is 0.294. The maximum atomic E-state index is 13.3. The van der Waals surface area contributed by atoms with Gasteiger partial charge in [-0.2, -0.15) is 0 Å². The van der Waals surface area contributed by atoms with Crippen LogP contribution in [0.15, 0.2) is 54.6 Å². The van der Waals surface area contributed by atoms with Crippen LogP contribution in [0.4, 0.5) is 4.39 Å². The minimum absolute atomic E-state index is 0.302. The maximum Gasteiger partial charge on any atom is 0.123 e. The van der Waals surface area contributed by atoms with Crippen molar-refractivity contribution in [1.29, 1.82) is 0 Å². The molecule has 0 bridgehead atoms. The van der Waals surface area contributed by atoms with Gasteiger partial charge in [-0.3, -0.25) is 0 Å². The Kier molecular flexibility index (Phi) is 4.33. The molecule has 1 N–H and O–H groups in total. The first-order valence-corrected chi connectivity index (χ1v) is 6.66. The highest BCUT2D eigenvalue weighted by Crippen LogP contribution is 2.30. The fourth-order valence-electron chi connectivity index (χ4n) is 2.30. The monoisotopic (exact) mass is 258 g/mol. The molecule has 2 aromatic carbocycles. The second-order valence-electron chi connectivity index (χ2n) is 4.88. The third-order valence-corrected chi connectivity index (χ3v) is 3.62. The summed E-state index contributed by atoms with van der Waals surface area (Å²) in [5.41, 5.74) is 0.884. The summed E-state index contributed by atoms with van der Waals surface area (Å²) < 4.78 is 13.3. The topological polar surface area (TPSA) is 20.2 Å². The van der Waals surface area contributed by atoms with Gasteiger partial charge in [-0.1, -0.05) is 49.4 Å². The summed E-state index contributed by atoms with van der Waals surface area (Å²) in [5.74, 6) is -0.302. The molecule has 1 atom stereocenters. The zero-order chi connectivity index (χ0) is 13.7. The standard InChI is InChI=1S/C17H19FO/c1-2-17(19,15-9-6-10-16(18)13-15)12-11-14-7-4-3-5-8-14/h3-10,13,19H,2,11-12H2,1H3. The summed E-state index contributed by atoms with van der Waals surface area (Å²) in [6.45, 7) is 1.93. The van der Waals surface area contributed by atoms with Gasteiger partial charge in [-0.25, -0.2) is 4.39 Å². The largest absolute Gasteiger partial charge is 0.385 e. The van der Waals surface area contributed by atoms with Crippen molar-refractivity contribution < 1.29 is 9.50 Å². The summed E-state index contributed by atoms with van der Waals surface area (Å²) in [6.07, 6.45) is 1.95. The van der Waals surface area contributed by atoms with E-state index in [1.54, 1.807) is 12.1 Å². The highest BCUT2D eigenvalue weighted by molar-refractivity contribution is 5.24. The molecule has 0 aliphatic heterocycles. The number of hydrogen-bond donors (Lipinski definition) is 1. The van der Waals surface area contributed by atoms with Gasteiger partial charge in [0.1, 0.15) is 5.82 Å². The van der Waals surface area contributed by atoms with Gasteiger partial charge in [-0.05, 0) is 42.5 Å². The lowest BCUT2D eigenvalue weighted by Crippen LogP contribution is -2.25. The Balaban J connectivity index is 2.14. The molecule has 2 aromatic rings. The molecule has 100 valence electrons. The molecule has 0 aliphatic rings. The molecule has 0 aliphatic carbocycles. The molecule has 2 rings (SSSR count). The number of aryl methyl sites for hydroxylation is 1.